The number of hydrogen-bond acceptors (Lipinski definition) is 4. The Kier molecular flexibility index (Phi) is 5.81. The van der Waals surface area contributed by atoms with Crippen LogP contribution in [0.1, 0.15) is 27.2 Å². The Morgan fingerprint density at radius 1 is 1.38 bits per heavy atom. The first-order chi connectivity index (χ1) is 7.24. The summed E-state index contributed by atoms with van der Waals surface area (Å²) >= 11 is 0. The molecule has 0 radical (unpaired) electrons. The number of nitrogens with one attached hydrogen (secondary N) is 1. The lowest BCUT2D eigenvalue weighted by atomic mass is 10.2. The smallest absolute Gasteiger partial charge is 0.407 e. The third kappa shape index (κ3) is 8.05. The Bertz CT molecular complexity index is 246. The van der Waals surface area contributed by atoms with Gasteiger partial charge in [0, 0.05) is 13.7 Å². The van der Waals surface area contributed by atoms with Gasteiger partial charge in [-0.1, -0.05) is 0 Å². The summed E-state index contributed by atoms with van der Waals surface area (Å²) in [6, 6.07) is 0. The van der Waals surface area contributed by atoms with Gasteiger partial charge in [-0.3, -0.25) is 4.79 Å². The molecule has 2 N–H and O–H groups in total. The number of alkyl carbamates (subject to hydrolysis) is 1. The highest BCUT2D eigenvalue weighted by Crippen LogP contribution is 2.06. The number of ether oxygens (including phenoxy) is 2. The van der Waals surface area contributed by atoms with E-state index in [-0.39, 0.29) is 13.0 Å². The molecule has 0 aliphatic heterocycles. The fraction of sp³-hybridized carbons (Fsp3) is 0.800. The normalized spacial score (nSPS) is 13.0. The van der Waals surface area contributed by atoms with Gasteiger partial charge in [-0.15, -0.1) is 0 Å². The van der Waals surface area contributed by atoms with Crippen molar-refractivity contribution in [1.82, 2.24) is 5.32 Å². The van der Waals surface area contributed by atoms with Crippen LogP contribution < -0.4 is 5.32 Å². The van der Waals surface area contributed by atoms with Gasteiger partial charge in [0.1, 0.15) is 5.60 Å². The van der Waals surface area contributed by atoms with Crippen molar-refractivity contribution in [3.05, 3.63) is 0 Å². The van der Waals surface area contributed by atoms with E-state index in [1.165, 1.54) is 7.11 Å². The van der Waals surface area contributed by atoms with Gasteiger partial charge in [-0.2, -0.15) is 0 Å². The minimum atomic E-state index is -0.974. The summed E-state index contributed by atoms with van der Waals surface area (Å²) in [6.07, 6.45) is -1.29. The molecule has 0 aromatic heterocycles. The fourth-order valence-electron chi connectivity index (χ4n) is 0.945. The van der Waals surface area contributed by atoms with Crippen molar-refractivity contribution in [3.63, 3.8) is 0 Å². The first-order valence-electron chi connectivity index (χ1n) is 4.96. The van der Waals surface area contributed by atoms with E-state index >= 15 is 0 Å². The third-order valence-electron chi connectivity index (χ3n) is 1.61. The maximum Gasteiger partial charge on any atom is 0.407 e. The minimum absolute atomic E-state index is 0.109. The summed E-state index contributed by atoms with van der Waals surface area (Å²) in [5, 5.41) is 11.0. The number of aliphatic carboxylic acids is 1. The molecule has 0 bridgehead atoms. The van der Waals surface area contributed by atoms with Crippen LogP contribution in [0, 0.1) is 0 Å². The summed E-state index contributed by atoms with van der Waals surface area (Å²) in [5.74, 6) is -0.974. The molecule has 0 unspecified atom stereocenters. The highest BCUT2D eigenvalue weighted by molar-refractivity contribution is 5.69. The predicted octanol–water partition coefficient (Wildman–Crippen LogP) is 1.00. The summed E-state index contributed by atoms with van der Waals surface area (Å²) in [5.41, 5.74) is -0.570. The SMILES string of the molecule is CO[C@@H](CNC(=O)OC(C)(C)C)CC(=O)O. The molecule has 0 aliphatic rings. The van der Waals surface area contributed by atoms with Crippen LogP contribution in [-0.4, -0.2) is 42.5 Å². The number of carboxylic acids is 1. The van der Waals surface area contributed by atoms with E-state index in [2.05, 4.69) is 5.32 Å². The Hall–Kier alpha value is -1.30. The Morgan fingerprint density at radius 2 is 1.94 bits per heavy atom. The van der Waals surface area contributed by atoms with E-state index < -0.39 is 23.8 Å². The molecule has 1 amide bonds. The minimum Gasteiger partial charge on any atom is -0.481 e. The highest BCUT2D eigenvalue weighted by atomic mass is 16.6. The molecule has 0 saturated carbocycles. The lowest BCUT2D eigenvalue weighted by Crippen LogP contribution is -2.38. The molecule has 0 fully saturated rings. The average molecular weight is 233 g/mol. The van der Waals surface area contributed by atoms with Crippen molar-refractivity contribution >= 4 is 12.1 Å². The molecule has 0 rings (SSSR count). The summed E-state index contributed by atoms with van der Waals surface area (Å²) in [6.45, 7) is 5.35. The second-order valence-corrected chi connectivity index (χ2v) is 4.34. The van der Waals surface area contributed by atoms with Crippen LogP contribution in [0.3, 0.4) is 0 Å². The van der Waals surface area contributed by atoms with E-state index in [1.54, 1.807) is 20.8 Å². The standard InChI is InChI=1S/C10H19NO5/c1-10(2,3)16-9(14)11-6-7(15-4)5-8(12)13/h7H,5-6H2,1-4H3,(H,11,14)(H,12,13)/t7-/m1/s1. The zero-order valence-corrected chi connectivity index (χ0v) is 10.1. The second-order valence-electron chi connectivity index (χ2n) is 4.34. The molecule has 6 heteroatoms. The zero-order valence-electron chi connectivity index (χ0n) is 10.1. The van der Waals surface area contributed by atoms with Crippen LogP contribution in [0.5, 0.6) is 0 Å². The Labute approximate surface area is 94.9 Å². The first kappa shape index (κ1) is 14.7. The van der Waals surface area contributed by atoms with Crippen LogP contribution in [0.15, 0.2) is 0 Å². The van der Waals surface area contributed by atoms with Crippen LogP contribution >= 0.6 is 0 Å². The molecular weight excluding hydrogens is 214 g/mol. The number of methoxy groups -OCH3 is 1. The van der Waals surface area contributed by atoms with E-state index in [9.17, 15) is 9.59 Å². The maximum atomic E-state index is 11.2. The van der Waals surface area contributed by atoms with Crippen molar-refractivity contribution in [2.24, 2.45) is 0 Å². The number of carbonyl (C=O) groups excluding carboxylic acids is 1. The number of carbonyl (C=O) groups is 2. The summed E-state index contributed by atoms with van der Waals surface area (Å²) in [7, 11) is 1.39. The van der Waals surface area contributed by atoms with Gasteiger partial charge in [0.15, 0.2) is 0 Å². The molecule has 0 heterocycles. The van der Waals surface area contributed by atoms with Crippen LogP contribution in [0.4, 0.5) is 4.79 Å². The topological polar surface area (TPSA) is 84.9 Å². The van der Waals surface area contributed by atoms with E-state index in [1.807, 2.05) is 0 Å². The van der Waals surface area contributed by atoms with Gasteiger partial charge in [-0.05, 0) is 20.8 Å². The number of hydrogen-bond donors (Lipinski definition) is 2. The van der Waals surface area contributed by atoms with E-state index in [4.69, 9.17) is 14.6 Å². The molecule has 1 atom stereocenters. The molecular formula is C10H19NO5. The highest BCUT2D eigenvalue weighted by Gasteiger charge is 2.18. The van der Waals surface area contributed by atoms with Gasteiger partial charge < -0.3 is 19.9 Å². The van der Waals surface area contributed by atoms with Crippen molar-refractivity contribution in [2.45, 2.75) is 38.9 Å². The van der Waals surface area contributed by atoms with Crippen molar-refractivity contribution in [3.8, 4) is 0 Å². The molecule has 6 nitrogen and oxygen atoms in total. The van der Waals surface area contributed by atoms with Gasteiger partial charge in [0.2, 0.25) is 0 Å². The van der Waals surface area contributed by atoms with Gasteiger partial charge >= 0.3 is 12.1 Å². The Balaban J connectivity index is 3.93. The molecule has 0 saturated heterocycles. The van der Waals surface area contributed by atoms with E-state index in [0.29, 0.717) is 0 Å². The van der Waals surface area contributed by atoms with Crippen molar-refractivity contribution in [1.29, 1.82) is 0 Å². The second kappa shape index (κ2) is 6.32. The largest absolute Gasteiger partial charge is 0.481 e. The van der Waals surface area contributed by atoms with Crippen molar-refractivity contribution < 1.29 is 24.2 Å². The number of amides is 1. The number of rotatable bonds is 5. The molecule has 16 heavy (non-hydrogen) atoms. The first-order valence-corrected chi connectivity index (χ1v) is 4.96. The van der Waals surface area contributed by atoms with Crippen LogP contribution in [0.2, 0.25) is 0 Å². The lowest BCUT2D eigenvalue weighted by molar-refractivity contribution is -0.139. The molecule has 0 aliphatic carbocycles. The summed E-state index contributed by atoms with van der Waals surface area (Å²) in [4.78, 5) is 21.6. The number of carboxylic acid groups (broad SMARTS) is 1. The zero-order chi connectivity index (χ0) is 12.8. The third-order valence-corrected chi connectivity index (χ3v) is 1.61. The predicted molar refractivity (Wildman–Crippen MR) is 57.3 cm³/mol. The summed E-state index contributed by atoms with van der Waals surface area (Å²) < 4.78 is 9.88. The van der Waals surface area contributed by atoms with E-state index in [0.717, 1.165) is 0 Å². The van der Waals surface area contributed by atoms with Gasteiger partial charge in [0.25, 0.3) is 0 Å². The molecule has 0 aromatic rings. The molecule has 0 aromatic carbocycles. The Morgan fingerprint density at radius 3 is 2.31 bits per heavy atom. The lowest BCUT2D eigenvalue weighted by Gasteiger charge is -2.21. The van der Waals surface area contributed by atoms with Crippen LogP contribution in [0.25, 0.3) is 0 Å². The average Bonchev–Trinajstić information content (AvgIpc) is 2.08. The quantitative estimate of drug-likeness (QED) is 0.740. The van der Waals surface area contributed by atoms with Crippen LogP contribution in [-0.2, 0) is 14.3 Å². The van der Waals surface area contributed by atoms with Crippen molar-refractivity contribution in [2.75, 3.05) is 13.7 Å². The maximum absolute atomic E-state index is 11.2. The van der Waals surface area contributed by atoms with Gasteiger partial charge in [-0.25, -0.2) is 4.79 Å². The molecule has 94 valence electrons. The van der Waals surface area contributed by atoms with Gasteiger partial charge in [0.05, 0.1) is 12.5 Å². The fourth-order valence-corrected chi connectivity index (χ4v) is 0.945. The monoisotopic (exact) mass is 233 g/mol. The molecule has 0 spiro atoms.